The minimum atomic E-state index is -0.112. The third-order valence-corrected chi connectivity index (χ3v) is 4.25. The molecule has 1 N–H and O–H groups in total. The molecule has 2 heterocycles. The van der Waals surface area contributed by atoms with Crippen molar-refractivity contribution in [2.75, 3.05) is 13.2 Å². The Hall–Kier alpha value is -2.43. The summed E-state index contributed by atoms with van der Waals surface area (Å²) in [6.45, 7) is 5.23. The predicted molar refractivity (Wildman–Crippen MR) is 88.1 cm³/mol. The molecule has 0 saturated carbocycles. The Morgan fingerprint density at radius 3 is 2.65 bits per heavy atom. The fraction of sp³-hybridized carbons (Fsp3) is 0.389. The molecule has 0 spiro atoms. The average molecular weight is 314 g/mol. The van der Waals surface area contributed by atoms with Crippen LogP contribution in [0.25, 0.3) is 0 Å². The zero-order valence-corrected chi connectivity index (χ0v) is 13.8. The Morgan fingerprint density at radius 2 is 1.96 bits per heavy atom. The van der Waals surface area contributed by atoms with Crippen molar-refractivity contribution >= 4 is 5.91 Å². The van der Waals surface area contributed by atoms with E-state index in [1.54, 1.807) is 0 Å². The Kier molecular flexibility index (Phi) is 4.28. The van der Waals surface area contributed by atoms with E-state index in [0.29, 0.717) is 18.8 Å². The SMILES string of the molecule is Cc1c(C(=O)N[C@H](C)c2ccc3c(c2)OCCCO3)ccn1C. The Balaban J connectivity index is 1.75. The van der Waals surface area contributed by atoms with Gasteiger partial charge in [0.2, 0.25) is 0 Å². The standard InChI is InChI=1S/C18H22N2O3/c1-12(19-18(21)15-7-8-20(3)13(15)2)14-5-6-16-17(11-14)23-10-4-9-22-16/h5-8,11-12H,4,9-10H2,1-3H3,(H,19,21)/t12-/m1/s1. The molecule has 122 valence electrons. The Bertz CT molecular complexity index is 721. The molecule has 1 atom stereocenters. The van der Waals surface area contributed by atoms with E-state index in [1.807, 2.05) is 55.9 Å². The van der Waals surface area contributed by atoms with Gasteiger partial charge in [0, 0.05) is 25.4 Å². The molecule has 0 fully saturated rings. The largest absolute Gasteiger partial charge is 0.490 e. The maximum Gasteiger partial charge on any atom is 0.253 e. The maximum absolute atomic E-state index is 12.4. The number of hydrogen-bond donors (Lipinski definition) is 1. The highest BCUT2D eigenvalue weighted by Gasteiger charge is 2.17. The van der Waals surface area contributed by atoms with Crippen molar-refractivity contribution in [3.05, 3.63) is 47.3 Å². The fourth-order valence-electron chi connectivity index (χ4n) is 2.66. The van der Waals surface area contributed by atoms with Gasteiger partial charge in [-0.25, -0.2) is 0 Å². The molecular formula is C18H22N2O3. The highest BCUT2D eigenvalue weighted by atomic mass is 16.5. The van der Waals surface area contributed by atoms with Crippen molar-refractivity contribution in [2.24, 2.45) is 7.05 Å². The van der Waals surface area contributed by atoms with Gasteiger partial charge in [-0.15, -0.1) is 0 Å². The van der Waals surface area contributed by atoms with E-state index >= 15 is 0 Å². The molecule has 1 aromatic carbocycles. The molecule has 5 nitrogen and oxygen atoms in total. The number of aryl methyl sites for hydroxylation is 1. The Labute approximate surface area is 136 Å². The summed E-state index contributed by atoms with van der Waals surface area (Å²) in [6, 6.07) is 7.55. The first kappa shape index (κ1) is 15.5. The minimum Gasteiger partial charge on any atom is -0.490 e. The number of carbonyl (C=O) groups excluding carboxylic acids is 1. The molecule has 5 heteroatoms. The molecule has 1 aromatic heterocycles. The monoisotopic (exact) mass is 314 g/mol. The topological polar surface area (TPSA) is 52.5 Å². The van der Waals surface area contributed by atoms with Crippen LogP contribution < -0.4 is 14.8 Å². The lowest BCUT2D eigenvalue weighted by Crippen LogP contribution is -2.27. The molecule has 1 aliphatic heterocycles. The van der Waals surface area contributed by atoms with Crippen molar-refractivity contribution in [3.63, 3.8) is 0 Å². The van der Waals surface area contributed by atoms with Gasteiger partial charge in [0.25, 0.3) is 5.91 Å². The van der Waals surface area contributed by atoms with E-state index in [2.05, 4.69) is 5.32 Å². The first-order valence-corrected chi connectivity index (χ1v) is 7.88. The molecule has 0 aliphatic carbocycles. The van der Waals surface area contributed by atoms with Crippen molar-refractivity contribution in [1.29, 1.82) is 0 Å². The molecular weight excluding hydrogens is 292 g/mol. The molecule has 1 aliphatic rings. The number of fused-ring (bicyclic) bond motifs is 1. The highest BCUT2D eigenvalue weighted by molar-refractivity contribution is 5.95. The average Bonchev–Trinajstić information content (AvgIpc) is 2.76. The van der Waals surface area contributed by atoms with Crippen LogP contribution in [-0.2, 0) is 7.05 Å². The number of nitrogens with zero attached hydrogens (tertiary/aromatic N) is 1. The van der Waals surface area contributed by atoms with Crippen LogP contribution in [0.1, 0.15) is 41.0 Å². The second-order valence-electron chi connectivity index (χ2n) is 5.88. The van der Waals surface area contributed by atoms with Crippen LogP contribution >= 0.6 is 0 Å². The number of benzene rings is 1. The summed E-state index contributed by atoms with van der Waals surface area (Å²) in [4.78, 5) is 12.4. The number of carbonyl (C=O) groups is 1. The van der Waals surface area contributed by atoms with Gasteiger partial charge < -0.3 is 19.4 Å². The van der Waals surface area contributed by atoms with Crippen LogP contribution in [0.4, 0.5) is 0 Å². The van der Waals surface area contributed by atoms with Crippen LogP contribution in [0, 0.1) is 6.92 Å². The molecule has 0 bridgehead atoms. The lowest BCUT2D eigenvalue weighted by molar-refractivity contribution is 0.0939. The normalized spacial score (nSPS) is 14.9. The van der Waals surface area contributed by atoms with Crippen molar-refractivity contribution < 1.29 is 14.3 Å². The quantitative estimate of drug-likeness (QED) is 0.947. The number of nitrogens with one attached hydrogen (secondary N) is 1. The van der Waals surface area contributed by atoms with Crippen LogP contribution in [-0.4, -0.2) is 23.7 Å². The van der Waals surface area contributed by atoms with Gasteiger partial charge in [-0.05, 0) is 37.6 Å². The van der Waals surface area contributed by atoms with Gasteiger partial charge >= 0.3 is 0 Å². The van der Waals surface area contributed by atoms with Gasteiger partial charge in [-0.1, -0.05) is 6.07 Å². The molecule has 2 aromatic rings. The van der Waals surface area contributed by atoms with Gasteiger partial charge in [-0.2, -0.15) is 0 Å². The third-order valence-electron chi connectivity index (χ3n) is 4.25. The van der Waals surface area contributed by atoms with E-state index in [1.165, 1.54) is 0 Å². The zero-order chi connectivity index (χ0) is 16.4. The summed E-state index contributed by atoms with van der Waals surface area (Å²) in [5.74, 6) is 1.45. The van der Waals surface area contributed by atoms with Gasteiger partial charge in [0.15, 0.2) is 11.5 Å². The summed E-state index contributed by atoms with van der Waals surface area (Å²) < 4.78 is 13.3. The molecule has 0 saturated heterocycles. The highest BCUT2D eigenvalue weighted by Crippen LogP contribution is 2.32. The first-order valence-electron chi connectivity index (χ1n) is 7.88. The first-order chi connectivity index (χ1) is 11.1. The fourth-order valence-corrected chi connectivity index (χ4v) is 2.66. The molecule has 0 unspecified atom stereocenters. The summed E-state index contributed by atoms with van der Waals surface area (Å²) in [6.07, 6.45) is 2.77. The van der Waals surface area contributed by atoms with Gasteiger partial charge in [0.05, 0.1) is 24.8 Å². The smallest absolute Gasteiger partial charge is 0.253 e. The van der Waals surface area contributed by atoms with Crippen LogP contribution in [0.5, 0.6) is 11.5 Å². The van der Waals surface area contributed by atoms with Crippen LogP contribution in [0.3, 0.4) is 0 Å². The van der Waals surface area contributed by atoms with Crippen molar-refractivity contribution in [2.45, 2.75) is 26.3 Å². The van der Waals surface area contributed by atoms with Crippen LogP contribution in [0.15, 0.2) is 30.5 Å². The molecule has 0 radical (unpaired) electrons. The summed E-state index contributed by atoms with van der Waals surface area (Å²) >= 11 is 0. The lowest BCUT2D eigenvalue weighted by atomic mass is 10.1. The number of amides is 1. The van der Waals surface area contributed by atoms with Gasteiger partial charge in [-0.3, -0.25) is 4.79 Å². The second kappa shape index (κ2) is 6.36. The number of rotatable bonds is 3. The summed E-state index contributed by atoms with van der Waals surface area (Å²) in [5, 5.41) is 3.04. The van der Waals surface area contributed by atoms with E-state index in [4.69, 9.17) is 9.47 Å². The zero-order valence-electron chi connectivity index (χ0n) is 13.8. The van der Waals surface area contributed by atoms with E-state index in [-0.39, 0.29) is 11.9 Å². The second-order valence-corrected chi connectivity index (χ2v) is 5.88. The third kappa shape index (κ3) is 3.18. The Morgan fingerprint density at radius 1 is 1.22 bits per heavy atom. The predicted octanol–water partition coefficient (Wildman–Crippen LogP) is 2.99. The molecule has 3 rings (SSSR count). The summed E-state index contributed by atoms with van der Waals surface area (Å²) in [7, 11) is 1.93. The summed E-state index contributed by atoms with van der Waals surface area (Å²) in [5.41, 5.74) is 2.65. The number of hydrogen-bond acceptors (Lipinski definition) is 3. The lowest BCUT2D eigenvalue weighted by Gasteiger charge is -2.16. The number of ether oxygens (including phenoxy) is 2. The molecule has 23 heavy (non-hydrogen) atoms. The van der Waals surface area contributed by atoms with E-state index < -0.39 is 0 Å². The van der Waals surface area contributed by atoms with Crippen molar-refractivity contribution in [1.82, 2.24) is 9.88 Å². The van der Waals surface area contributed by atoms with E-state index in [9.17, 15) is 4.79 Å². The van der Waals surface area contributed by atoms with Gasteiger partial charge in [0.1, 0.15) is 0 Å². The number of aromatic nitrogens is 1. The van der Waals surface area contributed by atoms with E-state index in [0.717, 1.165) is 29.2 Å². The molecule has 1 amide bonds. The van der Waals surface area contributed by atoms with Crippen LogP contribution in [0.2, 0.25) is 0 Å². The maximum atomic E-state index is 12.4. The minimum absolute atomic E-state index is 0.0669. The van der Waals surface area contributed by atoms with Crippen molar-refractivity contribution in [3.8, 4) is 11.5 Å².